The first-order chi connectivity index (χ1) is 44.0. The van der Waals surface area contributed by atoms with Gasteiger partial charge in [-0.15, -0.1) is 0 Å². The van der Waals surface area contributed by atoms with E-state index in [1.807, 2.05) is 172 Å². The van der Waals surface area contributed by atoms with Crippen molar-refractivity contribution in [2.24, 2.45) is 17.4 Å². The number of benzene rings is 5. The highest BCUT2D eigenvalue weighted by atomic mass is 35.5. The molecule has 10 aromatic rings. The van der Waals surface area contributed by atoms with Gasteiger partial charge in [0, 0.05) is 72.5 Å². The molecule has 4 atom stereocenters. The topological polar surface area (TPSA) is 342 Å². The molecule has 4 unspecified atom stereocenters. The third-order valence-corrected chi connectivity index (χ3v) is 13.1. The molecule has 92 heavy (non-hydrogen) atoms. The quantitative estimate of drug-likeness (QED) is 0.0254. The minimum atomic E-state index is 0. The van der Waals surface area contributed by atoms with Gasteiger partial charge in [-0.2, -0.15) is 64.8 Å². The summed E-state index contributed by atoms with van der Waals surface area (Å²) in [6, 6.07) is 48.7. The van der Waals surface area contributed by atoms with E-state index >= 15 is 0 Å². The summed E-state index contributed by atoms with van der Waals surface area (Å²) >= 11 is 23.4. The van der Waals surface area contributed by atoms with E-state index in [1.165, 1.54) is 0 Å². The van der Waals surface area contributed by atoms with Crippen molar-refractivity contribution in [3.8, 4) is 0 Å². The summed E-state index contributed by atoms with van der Waals surface area (Å²) in [5.41, 5.74) is 14.6. The van der Waals surface area contributed by atoms with Gasteiger partial charge in [0.2, 0.25) is 68.7 Å². The van der Waals surface area contributed by atoms with E-state index in [9.17, 15) is 0 Å². The Bertz CT molecular complexity index is 3720. The third kappa shape index (κ3) is 27.0. The van der Waals surface area contributed by atoms with Crippen LogP contribution in [0.4, 0.5) is 76.0 Å². The van der Waals surface area contributed by atoms with Gasteiger partial charge in [-0.1, -0.05) is 119 Å². The molecule has 0 fully saturated rings. The number of aromatic nitrogens is 15. The van der Waals surface area contributed by atoms with Gasteiger partial charge in [0.15, 0.2) is 0 Å². The summed E-state index contributed by atoms with van der Waals surface area (Å²) in [7, 11) is 0. The van der Waals surface area contributed by atoms with Gasteiger partial charge in [0.1, 0.15) is 17.5 Å². The lowest BCUT2D eigenvalue weighted by Crippen LogP contribution is -2.25. The number of hydrogen-bond acceptors (Lipinski definition) is 25. The standard InChI is InChI=1S/C28H36N10.C22H21Cl2N9.C9H6Cl2N4.C3H10N2.CH4/c1-5-19(2)18-29-25-36-26(38-28(37-25)34-23-14-10-7-11-15-23)30-20(3)16-17-24-31-21(4)32-27(35-24)33-22-12-8-6-9-13-22;1-14(25-20-31-19(24)32-22(33-20)27-16-10-6-3-7-11-16)12-13-17-28-18(23)30-21(29-17)26-15-8-4-2-5-9-15;10-7-13-8(11)15-9(14-7)12-6-4-2-1-3-5-6;1-3(5)2-4;/h6-15,19-20H,5,16-18H2,1-4H3,(H,31,32,33,35)(H3,29,30,34,36,37,38);2-11,14H,12-13H2,1H3,(H,26,28,29,30)(H2,25,27,31,32,33);1-5H,(H,12,13,14,15);3H,2,4-5H2,1H3;1H4. The van der Waals surface area contributed by atoms with Crippen molar-refractivity contribution < 1.29 is 0 Å². The van der Waals surface area contributed by atoms with E-state index in [2.05, 4.69) is 138 Å². The molecule has 5 heterocycles. The van der Waals surface area contributed by atoms with Gasteiger partial charge in [-0.05, 0) is 154 Å². The fourth-order valence-electron chi connectivity index (χ4n) is 7.63. The lowest BCUT2D eigenvalue weighted by Gasteiger charge is -2.16. The Morgan fingerprint density at radius 1 is 0.380 bits per heavy atom. The third-order valence-electron chi connectivity index (χ3n) is 12.5. The molecule has 12 N–H and O–H groups in total. The number of halogens is 4. The first kappa shape index (κ1) is 71.7. The molecule has 0 saturated carbocycles. The maximum absolute atomic E-state index is 6.10. The Hall–Kier alpha value is -9.37. The van der Waals surface area contributed by atoms with Crippen LogP contribution in [0.2, 0.25) is 21.1 Å². The molecule has 5 aromatic carbocycles. The lowest BCUT2D eigenvalue weighted by atomic mass is 10.1. The van der Waals surface area contributed by atoms with Crippen molar-refractivity contribution in [1.82, 2.24) is 74.8 Å². The number of para-hydroxylation sites is 5. The number of nitrogens with two attached hydrogens (primary N) is 2. The minimum Gasteiger partial charge on any atom is -0.354 e. The largest absolute Gasteiger partial charge is 0.354 e. The number of nitrogens with zero attached hydrogens (tertiary/aromatic N) is 15. The van der Waals surface area contributed by atoms with Crippen LogP contribution in [-0.4, -0.2) is 106 Å². The van der Waals surface area contributed by atoms with Crippen LogP contribution in [0.25, 0.3) is 0 Å². The molecule has 0 bridgehead atoms. The fourth-order valence-corrected chi connectivity index (χ4v) is 8.33. The van der Waals surface area contributed by atoms with Crippen molar-refractivity contribution in [3.05, 3.63) is 190 Å². The maximum Gasteiger partial charge on any atom is 0.233 e. The second kappa shape index (κ2) is 38.4. The summed E-state index contributed by atoms with van der Waals surface area (Å²) in [6.07, 6.45) is 3.83. The molecule has 0 radical (unpaired) electrons. The Kier molecular flexibility index (Phi) is 29.9. The average Bonchev–Trinajstić information content (AvgIpc) is 1.96. The minimum absolute atomic E-state index is 0. The molecule has 0 spiro atoms. The van der Waals surface area contributed by atoms with Crippen LogP contribution in [0.1, 0.15) is 78.8 Å². The summed E-state index contributed by atoms with van der Waals surface area (Å²) in [4.78, 5) is 64.3. The zero-order valence-corrected chi connectivity index (χ0v) is 54.1. The summed E-state index contributed by atoms with van der Waals surface area (Å²) < 4.78 is 0. The highest BCUT2D eigenvalue weighted by molar-refractivity contribution is 6.31. The van der Waals surface area contributed by atoms with Crippen molar-refractivity contribution in [3.63, 3.8) is 0 Å². The van der Waals surface area contributed by atoms with Crippen molar-refractivity contribution in [1.29, 1.82) is 0 Å². The predicted molar refractivity (Wildman–Crippen MR) is 373 cm³/mol. The molecule has 0 aliphatic rings. The normalized spacial score (nSPS) is 11.7. The zero-order chi connectivity index (χ0) is 64.7. The smallest absolute Gasteiger partial charge is 0.233 e. The zero-order valence-electron chi connectivity index (χ0n) is 51.1. The number of anilines is 13. The molecular formula is C63H77Cl4N25. The monoisotopic (exact) mass is 1320 g/mol. The van der Waals surface area contributed by atoms with Gasteiger partial charge in [0.05, 0.1) is 0 Å². The highest BCUT2D eigenvalue weighted by Gasteiger charge is 2.15. The Balaban J connectivity index is 0.000000225. The molecule has 10 rings (SSSR count). The lowest BCUT2D eigenvalue weighted by molar-refractivity contribution is 0.591. The van der Waals surface area contributed by atoms with E-state index < -0.39 is 0 Å². The van der Waals surface area contributed by atoms with Gasteiger partial charge >= 0.3 is 0 Å². The van der Waals surface area contributed by atoms with E-state index in [0.29, 0.717) is 91.0 Å². The number of aryl methyl sites for hydroxylation is 3. The summed E-state index contributed by atoms with van der Waals surface area (Å²) in [6.45, 7) is 13.6. The molecule has 0 aliphatic heterocycles. The molecule has 29 heteroatoms. The van der Waals surface area contributed by atoms with E-state index in [0.717, 1.165) is 53.6 Å². The number of rotatable bonds is 25. The van der Waals surface area contributed by atoms with Crippen molar-refractivity contribution >= 4 is 122 Å². The van der Waals surface area contributed by atoms with Crippen LogP contribution in [0, 0.1) is 12.8 Å². The van der Waals surface area contributed by atoms with E-state index in [-0.39, 0.29) is 46.7 Å². The molecule has 0 amide bonds. The molecule has 0 saturated heterocycles. The second-order valence-electron chi connectivity index (χ2n) is 20.5. The van der Waals surface area contributed by atoms with Crippen LogP contribution in [-0.2, 0) is 12.8 Å². The van der Waals surface area contributed by atoms with Gasteiger partial charge in [-0.25, -0.2) is 9.97 Å². The van der Waals surface area contributed by atoms with Crippen LogP contribution in [0.3, 0.4) is 0 Å². The van der Waals surface area contributed by atoms with Gasteiger partial charge in [0.25, 0.3) is 0 Å². The number of nitrogens with one attached hydrogen (secondary N) is 8. The molecule has 5 aromatic heterocycles. The van der Waals surface area contributed by atoms with Crippen LogP contribution < -0.4 is 54.0 Å². The van der Waals surface area contributed by atoms with Crippen LogP contribution in [0.5, 0.6) is 0 Å². The van der Waals surface area contributed by atoms with Crippen LogP contribution >= 0.6 is 46.4 Å². The van der Waals surface area contributed by atoms with E-state index in [4.69, 9.17) is 57.9 Å². The van der Waals surface area contributed by atoms with E-state index in [1.54, 1.807) is 0 Å². The van der Waals surface area contributed by atoms with Crippen molar-refractivity contribution in [2.75, 3.05) is 55.6 Å². The Labute approximate surface area is 556 Å². The molecule has 0 aliphatic carbocycles. The Morgan fingerprint density at radius 2 is 0.674 bits per heavy atom. The number of hydrogen-bond donors (Lipinski definition) is 10. The summed E-state index contributed by atoms with van der Waals surface area (Å²) in [5, 5.41) is 26.1. The highest BCUT2D eigenvalue weighted by Crippen LogP contribution is 2.22. The summed E-state index contributed by atoms with van der Waals surface area (Å²) in [5.74, 6) is 6.06. The van der Waals surface area contributed by atoms with Gasteiger partial charge in [-0.3, -0.25) is 0 Å². The average molecular weight is 1330 g/mol. The fraction of sp³-hybridized carbons (Fsp3) is 0.286. The first-order valence-corrected chi connectivity index (χ1v) is 30.7. The second-order valence-corrected chi connectivity index (χ2v) is 21.8. The Morgan fingerprint density at radius 3 is 1.07 bits per heavy atom. The SMILES string of the molecule is C.CC(CCc1nc(Cl)nc(Nc2ccccc2)n1)Nc1nc(Cl)nc(Nc2ccccc2)n1.CC(N)CN.CCC(C)CNc1nc(Nc2ccccc2)nc(NC(C)CCc2nc(C)nc(Nc3ccccc3)n2)n1.Clc1nc(Cl)nc(Nc2ccccc2)n1. The molecule has 482 valence electrons. The molecular weight excluding hydrogens is 1250 g/mol. The van der Waals surface area contributed by atoms with Gasteiger partial charge < -0.3 is 54.0 Å². The predicted octanol–water partition coefficient (Wildman–Crippen LogP) is 13.9. The van der Waals surface area contributed by atoms with Crippen LogP contribution in [0.15, 0.2) is 152 Å². The van der Waals surface area contributed by atoms with Crippen molar-refractivity contribution in [2.45, 2.75) is 99.2 Å². The maximum atomic E-state index is 6.10. The molecule has 25 nitrogen and oxygen atoms in total. The first-order valence-electron chi connectivity index (χ1n) is 29.2.